The van der Waals surface area contributed by atoms with Crippen LogP contribution in [0, 0.1) is 0 Å². The van der Waals surface area contributed by atoms with E-state index in [9.17, 15) is 4.79 Å². The zero-order chi connectivity index (χ0) is 17.9. The summed E-state index contributed by atoms with van der Waals surface area (Å²) in [5, 5.41) is 3.14. The number of carbonyl (C=O) groups excluding carboxylic acids is 1. The Morgan fingerprint density at radius 2 is 1.85 bits per heavy atom. The molecule has 2 atom stereocenters. The lowest BCUT2D eigenvalue weighted by molar-refractivity contribution is 0.166. The van der Waals surface area contributed by atoms with Gasteiger partial charge in [0.1, 0.15) is 0 Å². The minimum atomic E-state index is -0.0791. The number of benzene rings is 1. The lowest BCUT2D eigenvalue weighted by Crippen LogP contribution is -2.47. The number of fused-ring (bicyclic) bond motifs is 1. The highest BCUT2D eigenvalue weighted by atomic mass is 16.2. The normalized spacial score (nSPS) is 17.4. The van der Waals surface area contributed by atoms with E-state index in [1.165, 1.54) is 0 Å². The SMILES string of the molecule is C[C@H](NC(=O)N1CCn2cccc2[C@H]1c1ccccc1)c1ccncc1. The summed E-state index contributed by atoms with van der Waals surface area (Å²) < 4.78 is 2.23. The number of hydrogen-bond acceptors (Lipinski definition) is 2. The van der Waals surface area contributed by atoms with Gasteiger partial charge < -0.3 is 14.8 Å². The maximum atomic E-state index is 13.1. The van der Waals surface area contributed by atoms with Crippen LogP contribution in [-0.2, 0) is 6.54 Å². The van der Waals surface area contributed by atoms with E-state index in [1.54, 1.807) is 12.4 Å². The number of aromatic nitrogens is 2. The Hall–Kier alpha value is -3.08. The van der Waals surface area contributed by atoms with Gasteiger partial charge in [0.2, 0.25) is 0 Å². The minimum absolute atomic E-state index is 0.0457. The molecule has 0 radical (unpaired) electrons. The molecule has 1 aliphatic heterocycles. The van der Waals surface area contributed by atoms with Crippen LogP contribution in [0.5, 0.6) is 0 Å². The van der Waals surface area contributed by atoms with E-state index in [0.717, 1.165) is 23.4 Å². The summed E-state index contributed by atoms with van der Waals surface area (Å²) in [7, 11) is 0. The third-order valence-corrected chi connectivity index (χ3v) is 4.96. The van der Waals surface area contributed by atoms with Gasteiger partial charge in [-0.1, -0.05) is 30.3 Å². The fourth-order valence-corrected chi connectivity index (χ4v) is 3.59. The quantitative estimate of drug-likeness (QED) is 0.785. The molecular weight excluding hydrogens is 324 g/mol. The molecule has 0 unspecified atom stereocenters. The lowest BCUT2D eigenvalue weighted by atomic mass is 10.0. The maximum Gasteiger partial charge on any atom is 0.318 e. The van der Waals surface area contributed by atoms with E-state index in [4.69, 9.17) is 0 Å². The van der Waals surface area contributed by atoms with E-state index >= 15 is 0 Å². The van der Waals surface area contributed by atoms with Gasteiger partial charge in [0.25, 0.3) is 0 Å². The number of nitrogens with one attached hydrogen (secondary N) is 1. The van der Waals surface area contributed by atoms with Crippen LogP contribution < -0.4 is 5.32 Å². The van der Waals surface area contributed by atoms with E-state index in [1.807, 2.05) is 48.2 Å². The van der Waals surface area contributed by atoms with E-state index < -0.39 is 0 Å². The molecule has 3 heterocycles. The van der Waals surface area contributed by atoms with Gasteiger partial charge in [-0.2, -0.15) is 0 Å². The van der Waals surface area contributed by atoms with Gasteiger partial charge in [0, 0.05) is 37.4 Å². The molecule has 0 bridgehead atoms. The van der Waals surface area contributed by atoms with Gasteiger partial charge in [-0.25, -0.2) is 4.79 Å². The predicted octanol–water partition coefficient (Wildman–Crippen LogP) is 3.76. The Balaban J connectivity index is 1.61. The second-order valence-corrected chi connectivity index (χ2v) is 6.58. The Morgan fingerprint density at radius 3 is 2.62 bits per heavy atom. The van der Waals surface area contributed by atoms with Crippen LogP contribution >= 0.6 is 0 Å². The minimum Gasteiger partial charge on any atom is -0.348 e. The molecular formula is C21H22N4O. The molecule has 2 amide bonds. The van der Waals surface area contributed by atoms with Gasteiger partial charge >= 0.3 is 6.03 Å². The Bertz CT molecular complexity index is 875. The first-order valence-electron chi connectivity index (χ1n) is 8.91. The monoisotopic (exact) mass is 346 g/mol. The van der Waals surface area contributed by atoms with Crippen molar-refractivity contribution in [3.8, 4) is 0 Å². The number of carbonyl (C=O) groups is 1. The van der Waals surface area contributed by atoms with Crippen molar-refractivity contribution in [2.45, 2.75) is 25.6 Å². The first kappa shape index (κ1) is 16.4. The summed E-state index contributed by atoms with van der Waals surface area (Å²) in [6, 6.07) is 18.0. The highest BCUT2D eigenvalue weighted by Crippen LogP contribution is 2.32. The Labute approximate surface area is 153 Å². The molecule has 5 heteroatoms. The molecule has 0 aliphatic carbocycles. The molecule has 132 valence electrons. The number of pyridine rings is 1. The highest BCUT2D eigenvalue weighted by molar-refractivity contribution is 5.76. The van der Waals surface area contributed by atoms with Crippen molar-refractivity contribution >= 4 is 6.03 Å². The van der Waals surface area contributed by atoms with Gasteiger partial charge in [0.15, 0.2) is 0 Å². The molecule has 4 rings (SSSR count). The summed E-state index contributed by atoms with van der Waals surface area (Å²) in [6.07, 6.45) is 5.58. The zero-order valence-electron chi connectivity index (χ0n) is 14.7. The highest BCUT2D eigenvalue weighted by Gasteiger charge is 2.32. The van der Waals surface area contributed by atoms with Crippen molar-refractivity contribution < 1.29 is 4.79 Å². The summed E-state index contributed by atoms with van der Waals surface area (Å²) in [6.45, 7) is 3.48. The van der Waals surface area contributed by atoms with E-state index in [2.05, 4.69) is 39.3 Å². The van der Waals surface area contributed by atoms with Crippen LogP contribution in [0.15, 0.2) is 73.2 Å². The zero-order valence-corrected chi connectivity index (χ0v) is 14.7. The van der Waals surface area contributed by atoms with Crippen molar-refractivity contribution in [1.29, 1.82) is 0 Å². The largest absolute Gasteiger partial charge is 0.348 e. The van der Waals surface area contributed by atoms with Crippen molar-refractivity contribution in [2.24, 2.45) is 0 Å². The third kappa shape index (κ3) is 3.08. The van der Waals surface area contributed by atoms with Gasteiger partial charge in [-0.05, 0) is 42.3 Å². The van der Waals surface area contributed by atoms with Crippen molar-refractivity contribution in [3.63, 3.8) is 0 Å². The summed E-state index contributed by atoms with van der Waals surface area (Å²) in [4.78, 5) is 19.1. The maximum absolute atomic E-state index is 13.1. The molecule has 26 heavy (non-hydrogen) atoms. The van der Waals surface area contributed by atoms with Gasteiger partial charge in [0.05, 0.1) is 12.1 Å². The van der Waals surface area contributed by atoms with Crippen LogP contribution in [0.4, 0.5) is 4.79 Å². The molecule has 5 nitrogen and oxygen atoms in total. The first-order chi connectivity index (χ1) is 12.7. The molecule has 2 aromatic heterocycles. The summed E-state index contributed by atoms with van der Waals surface area (Å²) in [5.74, 6) is 0. The summed E-state index contributed by atoms with van der Waals surface area (Å²) >= 11 is 0. The van der Waals surface area contributed by atoms with Crippen molar-refractivity contribution in [2.75, 3.05) is 6.54 Å². The Kier molecular flexibility index (Phi) is 4.44. The van der Waals surface area contributed by atoms with Crippen LogP contribution in [0.2, 0.25) is 0 Å². The molecule has 0 saturated carbocycles. The van der Waals surface area contributed by atoms with Gasteiger partial charge in [-0.15, -0.1) is 0 Å². The average Bonchev–Trinajstić information content (AvgIpc) is 3.17. The molecule has 0 saturated heterocycles. The number of hydrogen-bond donors (Lipinski definition) is 1. The third-order valence-electron chi connectivity index (χ3n) is 4.96. The fraction of sp³-hybridized carbons (Fsp3) is 0.238. The second-order valence-electron chi connectivity index (χ2n) is 6.58. The number of urea groups is 1. The van der Waals surface area contributed by atoms with E-state index in [-0.39, 0.29) is 18.1 Å². The number of nitrogens with zero attached hydrogens (tertiary/aromatic N) is 3. The number of amides is 2. The first-order valence-corrected chi connectivity index (χ1v) is 8.91. The number of rotatable bonds is 3. The van der Waals surface area contributed by atoms with Crippen LogP contribution in [-0.4, -0.2) is 27.0 Å². The molecule has 1 N–H and O–H groups in total. The fourth-order valence-electron chi connectivity index (χ4n) is 3.59. The predicted molar refractivity (Wildman–Crippen MR) is 101 cm³/mol. The topological polar surface area (TPSA) is 50.2 Å². The lowest BCUT2D eigenvalue weighted by Gasteiger charge is -2.38. The summed E-state index contributed by atoms with van der Waals surface area (Å²) in [5.41, 5.74) is 3.32. The molecule has 0 fully saturated rings. The van der Waals surface area contributed by atoms with Crippen molar-refractivity contribution in [3.05, 3.63) is 90.0 Å². The molecule has 1 aliphatic rings. The van der Waals surface area contributed by atoms with Crippen LogP contribution in [0.3, 0.4) is 0 Å². The van der Waals surface area contributed by atoms with Crippen LogP contribution in [0.25, 0.3) is 0 Å². The van der Waals surface area contributed by atoms with Crippen LogP contribution in [0.1, 0.15) is 35.8 Å². The molecule has 0 spiro atoms. The molecule has 1 aromatic carbocycles. The smallest absolute Gasteiger partial charge is 0.318 e. The Morgan fingerprint density at radius 1 is 1.08 bits per heavy atom. The second kappa shape index (κ2) is 7.04. The average molecular weight is 346 g/mol. The van der Waals surface area contributed by atoms with Gasteiger partial charge in [-0.3, -0.25) is 4.98 Å². The molecule has 3 aromatic rings. The van der Waals surface area contributed by atoms with E-state index in [0.29, 0.717) is 6.54 Å². The standard InChI is InChI=1S/C21H22N4O/c1-16(17-9-11-22-12-10-17)23-21(26)25-15-14-24-13-5-8-19(24)20(25)18-6-3-2-4-7-18/h2-13,16,20H,14-15H2,1H3,(H,23,26)/t16-,20+/m0/s1. The van der Waals surface area contributed by atoms with Crippen molar-refractivity contribution in [1.82, 2.24) is 19.8 Å².